The van der Waals surface area contributed by atoms with Gasteiger partial charge in [-0.3, -0.25) is 14.4 Å². The summed E-state index contributed by atoms with van der Waals surface area (Å²) in [6.45, 7) is 0. The van der Waals surface area contributed by atoms with Crippen molar-refractivity contribution in [3.8, 4) is 0 Å². The van der Waals surface area contributed by atoms with Crippen LogP contribution in [0.15, 0.2) is 24.3 Å². The molecule has 1 fully saturated rings. The third kappa shape index (κ3) is 1.36. The van der Waals surface area contributed by atoms with Gasteiger partial charge in [0.25, 0.3) is 11.8 Å². The number of thioether (sulfide) groups is 1. The number of fused-ring (bicyclic) bond motifs is 1. The van der Waals surface area contributed by atoms with Crippen LogP contribution in [-0.2, 0) is 4.84 Å². The monoisotopic (exact) mass is 235 g/mol. The topological polar surface area (TPSA) is 46.6 Å². The van der Waals surface area contributed by atoms with Gasteiger partial charge in [-0.2, -0.15) is 11.8 Å². The normalized spacial score (nSPS) is 19.9. The fraction of sp³-hybridized carbons (Fsp3) is 0.273. The number of carbonyl (C=O) groups is 2. The third-order valence-electron chi connectivity index (χ3n) is 2.62. The number of imide groups is 1. The molecule has 1 aromatic carbocycles. The van der Waals surface area contributed by atoms with Crippen LogP contribution >= 0.6 is 11.8 Å². The Kier molecular flexibility index (Phi) is 2.22. The molecule has 82 valence electrons. The van der Waals surface area contributed by atoms with Crippen LogP contribution in [0.2, 0.25) is 0 Å². The van der Waals surface area contributed by atoms with Crippen LogP contribution in [0.1, 0.15) is 20.7 Å². The SMILES string of the molecule is O=C1c2ccccc2C(=O)N1OC1CSC1. The summed E-state index contributed by atoms with van der Waals surface area (Å²) in [5.74, 6) is 0.982. The summed E-state index contributed by atoms with van der Waals surface area (Å²) >= 11 is 1.74. The Bertz CT molecular complexity index is 435. The van der Waals surface area contributed by atoms with Crippen molar-refractivity contribution in [3.63, 3.8) is 0 Å². The molecule has 2 aliphatic rings. The standard InChI is InChI=1S/C11H9NO3S/c13-10-8-3-1-2-4-9(8)11(14)12(10)15-7-5-16-6-7/h1-4,7H,5-6H2. The number of carbonyl (C=O) groups excluding carboxylic acids is 2. The molecule has 2 amide bonds. The van der Waals surface area contributed by atoms with E-state index >= 15 is 0 Å². The molecular weight excluding hydrogens is 226 g/mol. The molecule has 0 aromatic heterocycles. The average Bonchev–Trinajstić information content (AvgIpc) is 2.48. The highest BCUT2D eigenvalue weighted by atomic mass is 32.2. The van der Waals surface area contributed by atoms with Crippen LogP contribution in [0.4, 0.5) is 0 Å². The Morgan fingerprint density at radius 1 is 1.12 bits per heavy atom. The van der Waals surface area contributed by atoms with Crippen molar-refractivity contribution in [2.24, 2.45) is 0 Å². The lowest BCUT2D eigenvalue weighted by Gasteiger charge is -2.27. The van der Waals surface area contributed by atoms with Crippen LogP contribution in [0.25, 0.3) is 0 Å². The predicted octanol–water partition coefficient (Wildman–Crippen LogP) is 1.33. The van der Waals surface area contributed by atoms with E-state index in [0.717, 1.165) is 16.6 Å². The number of nitrogens with zero attached hydrogens (tertiary/aromatic N) is 1. The maximum absolute atomic E-state index is 11.9. The van der Waals surface area contributed by atoms with Crippen molar-refractivity contribution >= 4 is 23.6 Å². The molecule has 0 radical (unpaired) electrons. The molecule has 0 bridgehead atoms. The van der Waals surface area contributed by atoms with Gasteiger partial charge in [-0.15, -0.1) is 5.06 Å². The van der Waals surface area contributed by atoms with Crippen molar-refractivity contribution < 1.29 is 14.4 Å². The molecular formula is C11H9NO3S. The average molecular weight is 235 g/mol. The van der Waals surface area contributed by atoms with Crippen molar-refractivity contribution in [1.29, 1.82) is 0 Å². The minimum Gasteiger partial charge on any atom is -0.266 e. The maximum atomic E-state index is 11.9. The Balaban J connectivity index is 1.88. The van der Waals surface area contributed by atoms with Gasteiger partial charge in [0.05, 0.1) is 11.1 Å². The molecule has 3 rings (SSSR count). The van der Waals surface area contributed by atoms with E-state index in [1.807, 2.05) is 0 Å². The van der Waals surface area contributed by atoms with E-state index in [4.69, 9.17) is 4.84 Å². The second kappa shape index (κ2) is 3.61. The lowest BCUT2D eigenvalue weighted by atomic mass is 10.1. The number of amides is 2. The Hall–Kier alpha value is -1.33. The van der Waals surface area contributed by atoms with Crippen molar-refractivity contribution in [3.05, 3.63) is 35.4 Å². The summed E-state index contributed by atoms with van der Waals surface area (Å²) in [6, 6.07) is 6.78. The molecule has 0 saturated carbocycles. The van der Waals surface area contributed by atoms with E-state index < -0.39 is 0 Å². The minimum absolute atomic E-state index is 0.00721. The van der Waals surface area contributed by atoms with Gasteiger partial charge in [0, 0.05) is 11.5 Å². The van der Waals surface area contributed by atoms with Gasteiger partial charge in [-0.1, -0.05) is 12.1 Å². The Labute approximate surface area is 96.5 Å². The largest absolute Gasteiger partial charge is 0.285 e. The molecule has 16 heavy (non-hydrogen) atoms. The smallest absolute Gasteiger partial charge is 0.266 e. The highest BCUT2D eigenvalue weighted by molar-refractivity contribution is 8.00. The first-order valence-corrected chi connectivity index (χ1v) is 6.15. The molecule has 0 unspecified atom stereocenters. The summed E-state index contributed by atoms with van der Waals surface area (Å²) in [6.07, 6.45) is -0.00721. The number of benzene rings is 1. The molecule has 2 heterocycles. The third-order valence-corrected chi connectivity index (χ3v) is 3.83. The van der Waals surface area contributed by atoms with Gasteiger partial charge in [0.15, 0.2) is 0 Å². The highest BCUT2D eigenvalue weighted by Crippen LogP contribution is 2.27. The molecule has 1 aromatic rings. The second-order valence-corrected chi connectivity index (χ2v) is 4.79. The van der Waals surface area contributed by atoms with E-state index in [9.17, 15) is 9.59 Å². The van der Waals surface area contributed by atoms with Crippen LogP contribution in [0, 0.1) is 0 Å². The molecule has 0 N–H and O–H groups in total. The fourth-order valence-corrected chi connectivity index (χ4v) is 2.24. The fourth-order valence-electron chi connectivity index (χ4n) is 1.69. The number of hydrogen-bond donors (Lipinski definition) is 0. The number of hydrogen-bond acceptors (Lipinski definition) is 4. The number of rotatable bonds is 2. The van der Waals surface area contributed by atoms with Crippen LogP contribution in [-0.4, -0.2) is 34.5 Å². The van der Waals surface area contributed by atoms with Gasteiger partial charge >= 0.3 is 0 Å². The van der Waals surface area contributed by atoms with Gasteiger partial charge in [0.2, 0.25) is 0 Å². The quantitative estimate of drug-likeness (QED) is 0.725. The lowest BCUT2D eigenvalue weighted by molar-refractivity contribution is -0.120. The zero-order chi connectivity index (χ0) is 11.1. The molecule has 0 atom stereocenters. The van der Waals surface area contributed by atoms with E-state index in [-0.39, 0.29) is 17.9 Å². The molecule has 1 saturated heterocycles. The first kappa shape index (κ1) is 9.86. The summed E-state index contributed by atoms with van der Waals surface area (Å²) in [4.78, 5) is 29.1. The molecule has 4 nitrogen and oxygen atoms in total. The zero-order valence-corrected chi connectivity index (χ0v) is 9.20. The predicted molar refractivity (Wildman–Crippen MR) is 59.1 cm³/mol. The first-order chi connectivity index (χ1) is 7.77. The van der Waals surface area contributed by atoms with Crippen molar-refractivity contribution in [1.82, 2.24) is 5.06 Å². The van der Waals surface area contributed by atoms with Crippen LogP contribution in [0.3, 0.4) is 0 Å². The summed E-state index contributed by atoms with van der Waals surface area (Å²) in [7, 11) is 0. The highest BCUT2D eigenvalue weighted by Gasteiger charge is 2.39. The van der Waals surface area contributed by atoms with Gasteiger partial charge < -0.3 is 0 Å². The Morgan fingerprint density at radius 3 is 2.12 bits per heavy atom. The van der Waals surface area contributed by atoms with E-state index in [2.05, 4.69) is 0 Å². The molecule has 0 spiro atoms. The Morgan fingerprint density at radius 2 is 1.69 bits per heavy atom. The first-order valence-electron chi connectivity index (χ1n) is 4.99. The minimum atomic E-state index is -0.350. The summed E-state index contributed by atoms with van der Waals surface area (Å²) < 4.78 is 0. The van der Waals surface area contributed by atoms with Gasteiger partial charge in [0.1, 0.15) is 6.10 Å². The van der Waals surface area contributed by atoms with Gasteiger partial charge in [-0.05, 0) is 12.1 Å². The molecule has 2 aliphatic heterocycles. The lowest BCUT2D eigenvalue weighted by Crippen LogP contribution is -2.40. The van der Waals surface area contributed by atoms with Crippen LogP contribution < -0.4 is 0 Å². The summed E-state index contributed by atoms with van der Waals surface area (Å²) in [5.41, 5.74) is 0.860. The van der Waals surface area contributed by atoms with E-state index in [1.165, 1.54) is 0 Å². The molecule has 0 aliphatic carbocycles. The maximum Gasteiger partial charge on any atom is 0.285 e. The van der Waals surface area contributed by atoms with E-state index in [1.54, 1.807) is 36.0 Å². The van der Waals surface area contributed by atoms with Crippen molar-refractivity contribution in [2.75, 3.05) is 11.5 Å². The van der Waals surface area contributed by atoms with Gasteiger partial charge in [-0.25, -0.2) is 0 Å². The zero-order valence-electron chi connectivity index (χ0n) is 8.38. The molecule has 5 heteroatoms. The van der Waals surface area contributed by atoms with Crippen molar-refractivity contribution in [2.45, 2.75) is 6.10 Å². The second-order valence-electron chi connectivity index (χ2n) is 3.72. The van der Waals surface area contributed by atoms with E-state index in [0.29, 0.717) is 11.1 Å². The number of hydroxylamine groups is 2. The van der Waals surface area contributed by atoms with Crippen LogP contribution in [0.5, 0.6) is 0 Å². The summed E-state index contributed by atoms with van der Waals surface area (Å²) in [5, 5.41) is 0.898.